The van der Waals surface area contributed by atoms with Crippen molar-refractivity contribution in [3.63, 3.8) is 0 Å². The van der Waals surface area contributed by atoms with Gasteiger partial charge in [0.2, 0.25) is 12.3 Å². The van der Waals surface area contributed by atoms with E-state index >= 15 is 0 Å². The van der Waals surface area contributed by atoms with E-state index in [1.165, 1.54) is 26.8 Å². The first kappa shape index (κ1) is 104. The first-order valence-electron chi connectivity index (χ1n) is 34.6. The summed E-state index contributed by atoms with van der Waals surface area (Å²) in [5, 5.41) is 59.9. The van der Waals surface area contributed by atoms with Crippen LogP contribution in [-0.4, -0.2) is 201 Å². The third-order valence-electron chi connectivity index (χ3n) is 13.2. The number of hydrogen-bond donors (Lipinski definition) is 7. The highest BCUT2D eigenvalue weighted by Gasteiger charge is 2.12. The molecule has 0 bridgehead atoms. The third kappa shape index (κ3) is 49.7. The Labute approximate surface area is 672 Å². The van der Waals surface area contributed by atoms with Crippen molar-refractivity contribution in [1.82, 2.24) is 19.8 Å². The molecule has 114 heavy (non-hydrogen) atoms. The molecule has 7 rings (SSSR count). The number of carbonyl (C=O) groups excluding carboxylic acids is 7. The molecule has 2 heterocycles. The summed E-state index contributed by atoms with van der Waals surface area (Å²) in [6.07, 6.45) is 2.28. The Bertz CT molecular complexity index is 4330. The Kier molecular flexibility index (Phi) is 55.8. The quantitative estimate of drug-likeness (QED) is 0.00573. The number of benzene rings is 5. The number of nitrogens with two attached hydrogens (primary N) is 1. The number of aliphatic hydroxyl groups is 2. The number of aromatic hydroxyl groups is 1. The van der Waals surface area contributed by atoms with Gasteiger partial charge in [-0.3, -0.25) is 48.1 Å². The number of alkyl halides is 1. The van der Waals surface area contributed by atoms with Crippen LogP contribution in [0.3, 0.4) is 0 Å². The molecule has 32 heteroatoms. The number of aromatic nitrogens is 2. The predicted octanol–water partition coefficient (Wildman–Crippen LogP) is 9.13. The number of aromatic amines is 2. The molecule has 0 saturated carbocycles. The van der Waals surface area contributed by atoms with Gasteiger partial charge in [0.05, 0.1) is 12.7 Å². The summed E-state index contributed by atoms with van der Waals surface area (Å²) in [6.45, 7) is 15.6. The zero-order valence-electron chi connectivity index (χ0n) is 66.8. The fourth-order valence-electron chi connectivity index (χ4n) is 8.50. The lowest BCUT2D eigenvalue weighted by atomic mass is 10.0. The number of carboxylic acid groups (broad SMARTS) is 1. The Morgan fingerprint density at radius 3 is 1.19 bits per heavy atom. The molecule has 0 radical (unpaired) electrons. The molecule has 0 aliphatic heterocycles. The fourth-order valence-corrected chi connectivity index (χ4v) is 8.66. The van der Waals surface area contributed by atoms with E-state index in [9.17, 15) is 47.9 Å². The van der Waals surface area contributed by atoms with Gasteiger partial charge in [0.15, 0.2) is 12.4 Å². The van der Waals surface area contributed by atoms with Crippen LogP contribution in [0.25, 0.3) is 27.8 Å². The van der Waals surface area contributed by atoms with Crippen LogP contribution in [0.2, 0.25) is 0 Å². The number of ketones is 3. The zero-order chi connectivity index (χ0) is 86.7. The molecule has 616 valence electrons. The van der Waals surface area contributed by atoms with E-state index in [1.54, 1.807) is 159 Å². The summed E-state index contributed by atoms with van der Waals surface area (Å²) in [6, 6.07) is 43.6. The van der Waals surface area contributed by atoms with E-state index in [2.05, 4.69) is 36.4 Å². The molecule has 0 aliphatic rings. The van der Waals surface area contributed by atoms with Crippen molar-refractivity contribution in [3.8, 4) is 69.2 Å². The third-order valence-corrected chi connectivity index (χ3v) is 13.6. The molecule has 8 N–H and O–H groups in total. The lowest BCUT2D eigenvalue weighted by Gasteiger charge is -2.19. The van der Waals surface area contributed by atoms with Crippen molar-refractivity contribution in [2.45, 2.75) is 88.0 Å². The van der Waals surface area contributed by atoms with Crippen LogP contribution < -0.4 is 35.8 Å². The summed E-state index contributed by atoms with van der Waals surface area (Å²) in [5.41, 5.74) is 11.8. The average Bonchev–Trinajstić information content (AvgIpc) is 0.820. The molecule has 0 aliphatic carbocycles. The number of pyridine rings is 2. The Balaban J connectivity index is 0. The fraction of sp³-hybridized carbons (Fsp3) is 0.354. The standard InChI is InChI=1S/C16H21NO4.C15H12N2O4.C15H14N2O3.C13H16O4.C9H10O2.C5H13NO2.C4H7BrO2.C3H4N2O.C2H6O/c1-12(18)16(11-17(3)4)14-5-7-15(8-6-14)21-10-9-20-13(2)19;1-9-13(6-11(7-16)15(20)17-9)10-2-4-12(5-3-10)21-8-14(18)19;1-10-14(8-12(9-16)15(19)17-10)11-2-4-13(5-3-11)20-7-6-18;1-10(14)9-12-3-5-13(6-4-12)17-8-7-16-11(2)15;1-7(10)6-8-2-4-9(11)5-3-8;1-6(2)5(7-3)8-4;1-4(6)7-3-2-5;4-2-1-3(5)6;1-2-3/h5-8,11H,9-10H2,1-4H3;2-6H,8H2,1H3,(H,17,20)(H,18,19);2-5,8,18H,6-7H2,1H3,(H,17,19);3-6H,7-9H2,1-2H3;2-5,11H,6H2,1H3;5H,1-4H3;2-3H2,1H3;1H2,(H2,5,6);3H,2H2,1H3/b16-11+;;;;;;;;. The summed E-state index contributed by atoms with van der Waals surface area (Å²) in [4.78, 5) is 116. The second-order valence-electron chi connectivity index (χ2n) is 23.5. The lowest BCUT2D eigenvalue weighted by molar-refractivity contribution is -0.179. The molecular formula is C82H103BrN8O23. The van der Waals surface area contributed by atoms with Crippen molar-refractivity contribution in [1.29, 1.82) is 15.8 Å². The molecule has 0 atom stereocenters. The van der Waals surface area contributed by atoms with E-state index in [1.807, 2.05) is 86.5 Å². The molecule has 0 saturated heterocycles. The highest BCUT2D eigenvalue weighted by molar-refractivity contribution is 9.09. The van der Waals surface area contributed by atoms with Gasteiger partial charge >= 0.3 is 23.9 Å². The first-order valence-corrected chi connectivity index (χ1v) is 35.7. The number of primary amides is 1. The normalized spacial score (nSPS) is 9.78. The number of aryl methyl sites for hydroxylation is 2. The summed E-state index contributed by atoms with van der Waals surface area (Å²) in [5.74, 6) is 0.483. The van der Waals surface area contributed by atoms with E-state index in [0.29, 0.717) is 78.0 Å². The van der Waals surface area contributed by atoms with Crippen LogP contribution in [0.4, 0.5) is 0 Å². The van der Waals surface area contributed by atoms with Gasteiger partial charge in [0.1, 0.15) is 110 Å². The van der Waals surface area contributed by atoms with Gasteiger partial charge in [-0.1, -0.05) is 76.6 Å². The molecule has 31 nitrogen and oxygen atoms in total. The minimum atomic E-state index is -1.05. The van der Waals surface area contributed by atoms with Crippen molar-refractivity contribution in [2.24, 2.45) is 5.73 Å². The van der Waals surface area contributed by atoms with Crippen LogP contribution >= 0.6 is 15.9 Å². The van der Waals surface area contributed by atoms with Crippen molar-refractivity contribution in [2.75, 3.05) is 107 Å². The summed E-state index contributed by atoms with van der Waals surface area (Å²) < 4.78 is 44.9. The average molecular weight is 1650 g/mol. The van der Waals surface area contributed by atoms with Crippen molar-refractivity contribution in [3.05, 3.63) is 200 Å². The lowest BCUT2D eigenvalue weighted by Crippen LogP contribution is -2.30. The van der Waals surface area contributed by atoms with Gasteiger partial charge in [-0.2, -0.15) is 15.8 Å². The van der Waals surface area contributed by atoms with Gasteiger partial charge < -0.3 is 83.7 Å². The number of Topliss-reactive ketones (excluding diaryl/α,β-unsaturated/α-hetero) is 3. The summed E-state index contributed by atoms with van der Waals surface area (Å²) >= 11 is 3.10. The molecule has 0 unspecified atom stereocenters. The van der Waals surface area contributed by atoms with E-state index in [4.69, 9.17) is 74.1 Å². The first-order chi connectivity index (χ1) is 54.0. The van der Waals surface area contributed by atoms with Crippen LogP contribution in [-0.2, 0) is 74.9 Å². The molecule has 1 amide bonds. The number of aliphatic carboxylic acids is 1. The zero-order valence-corrected chi connectivity index (χ0v) is 68.4. The summed E-state index contributed by atoms with van der Waals surface area (Å²) in [7, 11) is 10.7. The van der Waals surface area contributed by atoms with Crippen LogP contribution in [0.5, 0.6) is 28.7 Å². The van der Waals surface area contributed by atoms with E-state index in [-0.39, 0.29) is 104 Å². The van der Waals surface area contributed by atoms with Crippen LogP contribution in [0, 0.1) is 47.8 Å². The molecule has 0 fully saturated rings. The number of phenols is 1. The number of carbonyl (C=O) groups is 8. The van der Waals surface area contributed by atoms with Crippen molar-refractivity contribution < 1.29 is 101 Å². The number of amides is 1. The smallest absolute Gasteiger partial charge is 0.341 e. The maximum atomic E-state index is 11.7. The number of esters is 3. The Hall–Kier alpha value is -12.4. The minimum absolute atomic E-state index is 0.00669. The topological polar surface area (TPSA) is 470 Å². The molecular weight excluding hydrogens is 1540 g/mol. The minimum Gasteiger partial charge on any atom is -0.508 e. The van der Waals surface area contributed by atoms with Gasteiger partial charge in [0, 0.05) is 108 Å². The number of rotatable bonds is 29. The molecule has 5 aromatic carbocycles. The van der Waals surface area contributed by atoms with Gasteiger partial charge in [-0.15, -0.1) is 0 Å². The van der Waals surface area contributed by atoms with Crippen LogP contribution in [0.15, 0.2) is 149 Å². The molecule has 7 aromatic rings. The molecule has 0 spiro atoms. The number of nitrogens with zero attached hydrogens (tertiary/aromatic N) is 5. The number of allylic oxidation sites excluding steroid dienone is 1. The maximum Gasteiger partial charge on any atom is 0.341 e. The maximum absolute atomic E-state index is 11.7. The highest BCUT2D eigenvalue weighted by Crippen LogP contribution is 2.27. The van der Waals surface area contributed by atoms with E-state index in [0.717, 1.165) is 38.9 Å². The monoisotopic (exact) mass is 1650 g/mol. The largest absolute Gasteiger partial charge is 0.508 e. The number of ether oxygens (including phenoxy) is 9. The Morgan fingerprint density at radius 2 is 0.912 bits per heavy atom. The van der Waals surface area contributed by atoms with Gasteiger partial charge in [-0.25, -0.2) is 4.79 Å². The second kappa shape index (κ2) is 61.3. The number of phenolic OH excluding ortho intramolecular Hbond substituents is 1. The predicted molar refractivity (Wildman–Crippen MR) is 430 cm³/mol. The van der Waals surface area contributed by atoms with E-state index < -0.39 is 24.0 Å². The number of aliphatic hydroxyl groups excluding tert-OH is 2. The SMILES string of the molecule is CC(=O)Cc1ccc(O)cc1.CC(=O)Cc1ccc(OCCOC(C)=O)cc1.CC(=O)OCCBr.CC(=O)OCCOc1ccc(/C(=C/N(C)C)C(C)=O)cc1.CCO.COC(OC)N(C)C.Cc1[nH]c(=O)c(C#N)cc1-c1ccc(OCC(=O)O)cc1.Cc1[nH]c(=O)c(C#N)cc1-c1ccc(OCCO)cc1.N#CCC(N)=O. The number of methoxy groups -OCH3 is 2. The number of nitrogens with one attached hydrogen (secondary N) is 2. The number of H-pyrrole nitrogens is 2. The second-order valence-corrected chi connectivity index (χ2v) is 24.3. The number of hydrogen-bond acceptors (Lipinski definition) is 27. The Morgan fingerprint density at radius 1 is 0.553 bits per heavy atom. The number of halogens is 1. The van der Waals surface area contributed by atoms with Gasteiger partial charge in [0.25, 0.3) is 11.1 Å². The number of carboxylic acids is 1. The number of nitriles is 3. The highest BCUT2D eigenvalue weighted by atomic mass is 79.9. The van der Waals surface area contributed by atoms with Gasteiger partial charge in [-0.05, 0) is 156 Å². The van der Waals surface area contributed by atoms with Crippen LogP contribution in [0.1, 0.15) is 94.1 Å². The van der Waals surface area contributed by atoms with Crippen molar-refractivity contribution >= 4 is 68.6 Å². The molecule has 2 aromatic heterocycles.